The van der Waals surface area contributed by atoms with E-state index in [0.717, 1.165) is 88.0 Å². The quantitative estimate of drug-likeness (QED) is 0.179. The van der Waals surface area contributed by atoms with Gasteiger partial charge in [0.2, 0.25) is 0 Å². The SMILES string of the molecule is CC(C)C1=C2C3CCC4C5(C)CCC(OC(=O)CC(C)(C)C(=O)O)C(C)(C)C5CCC4(C)C3(C)CCC2(C(O)CN(Cc2ccc(Cl)cc2)CC2CCCN2)CC1=O. The average Bonchev–Trinajstić information content (AvgIpc) is 3.76. The summed E-state index contributed by atoms with van der Waals surface area (Å²) in [6.45, 7) is 22.9. The summed E-state index contributed by atoms with van der Waals surface area (Å²) in [4.78, 5) is 41.8. The molecular formula is C49H73ClN2O6. The van der Waals surface area contributed by atoms with Crippen LogP contribution in [-0.4, -0.2) is 70.7 Å². The first-order valence-electron chi connectivity index (χ1n) is 22.7. The van der Waals surface area contributed by atoms with Crippen molar-refractivity contribution >= 4 is 29.3 Å². The number of nitrogens with zero attached hydrogens (tertiary/aromatic N) is 1. The van der Waals surface area contributed by atoms with Crippen molar-refractivity contribution < 1.29 is 29.3 Å². The molecular weight excluding hydrogens is 748 g/mol. The molecule has 8 nitrogen and oxygen atoms in total. The Bertz CT molecular complexity index is 1780. The van der Waals surface area contributed by atoms with Gasteiger partial charge < -0.3 is 20.3 Å². The summed E-state index contributed by atoms with van der Waals surface area (Å²) in [6, 6.07) is 8.47. The van der Waals surface area contributed by atoms with E-state index in [-0.39, 0.29) is 51.8 Å². The molecule has 0 spiro atoms. The molecule has 0 radical (unpaired) electrons. The van der Waals surface area contributed by atoms with E-state index < -0.39 is 28.9 Å². The van der Waals surface area contributed by atoms with Crippen LogP contribution < -0.4 is 5.32 Å². The number of esters is 1. The molecule has 1 saturated heterocycles. The van der Waals surface area contributed by atoms with Crippen LogP contribution in [0.1, 0.15) is 145 Å². The Balaban J connectivity index is 1.16. The van der Waals surface area contributed by atoms with Gasteiger partial charge in [-0.2, -0.15) is 0 Å². The van der Waals surface area contributed by atoms with Crippen LogP contribution in [0.25, 0.3) is 0 Å². The van der Waals surface area contributed by atoms with Crippen molar-refractivity contribution in [3.63, 3.8) is 0 Å². The summed E-state index contributed by atoms with van der Waals surface area (Å²) in [5.41, 5.74) is 1.59. The van der Waals surface area contributed by atoms with Gasteiger partial charge in [-0.1, -0.05) is 77.8 Å². The molecule has 4 saturated carbocycles. The lowest BCUT2D eigenvalue weighted by molar-refractivity contribution is -0.235. The van der Waals surface area contributed by atoms with Crippen molar-refractivity contribution in [1.82, 2.24) is 10.2 Å². The smallest absolute Gasteiger partial charge is 0.309 e. The number of nitrogens with one attached hydrogen (secondary N) is 1. The number of carboxylic acid groups (broad SMARTS) is 1. The number of hydrogen-bond donors (Lipinski definition) is 3. The van der Waals surface area contributed by atoms with Crippen LogP contribution in [0.15, 0.2) is 35.4 Å². The summed E-state index contributed by atoms with van der Waals surface area (Å²) in [5, 5.41) is 26.9. The molecule has 3 N–H and O–H groups in total. The number of hydrogen-bond acceptors (Lipinski definition) is 7. The van der Waals surface area contributed by atoms with E-state index in [1.807, 2.05) is 12.1 Å². The lowest BCUT2D eigenvalue weighted by Gasteiger charge is -2.72. The molecule has 0 aromatic heterocycles. The highest BCUT2D eigenvalue weighted by Gasteiger charge is 2.71. The number of carbonyl (C=O) groups excluding carboxylic acids is 2. The molecule has 1 aromatic carbocycles. The summed E-state index contributed by atoms with van der Waals surface area (Å²) in [5.74, 6) is 0.0279. The molecule has 322 valence electrons. The fraction of sp³-hybridized carbons (Fsp3) is 0.776. The first-order chi connectivity index (χ1) is 27.1. The minimum Gasteiger partial charge on any atom is -0.481 e. The Morgan fingerprint density at radius 2 is 1.66 bits per heavy atom. The molecule has 1 aliphatic heterocycles. The first kappa shape index (κ1) is 43.8. The number of allylic oxidation sites excluding steroid dienone is 1. The van der Waals surface area contributed by atoms with Gasteiger partial charge in [0.15, 0.2) is 5.78 Å². The number of ketones is 1. The molecule has 6 aliphatic rings. The number of halogens is 1. The molecule has 10 atom stereocenters. The predicted molar refractivity (Wildman–Crippen MR) is 229 cm³/mol. The van der Waals surface area contributed by atoms with E-state index in [2.05, 4.69) is 70.8 Å². The Kier molecular flexibility index (Phi) is 11.8. The van der Waals surface area contributed by atoms with Gasteiger partial charge in [0.05, 0.1) is 17.9 Å². The third-order valence-corrected chi connectivity index (χ3v) is 18.1. The van der Waals surface area contributed by atoms with Gasteiger partial charge in [-0.05, 0) is 148 Å². The number of benzene rings is 1. The maximum atomic E-state index is 14.4. The number of ether oxygens (including phenoxy) is 1. The highest BCUT2D eigenvalue weighted by atomic mass is 35.5. The van der Waals surface area contributed by atoms with Crippen molar-refractivity contribution in [2.75, 3.05) is 19.6 Å². The normalized spacial score (nSPS) is 37.6. The molecule has 58 heavy (non-hydrogen) atoms. The number of aliphatic carboxylic acids is 1. The summed E-state index contributed by atoms with van der Waals surface area (Å²) in [6.07, 6.45) is 9.49. The second-order valence-electron chi connectivity index (χ2n) is 22.2. The predicted octanol–water partition coefficient (Wildman–Crippen LogP) is 9.65. The largest absolute Gasteiger partial charge is 0.481 e. The third-order valence-electron chi connectivity index (χ3n) is 17.9. The standard InChI is InChI=1S/C49H73ClN2O6/c1-30(2)41-35(53)25-49(38(54)29-52(28-33-11-10-24-51-33)27-31-12-14-32(50)15-13-31)23-22-47(8)34(42(41)49)16-17-37-46(7)20-19-39(58-40(55)26-44(3,4)43(56)57)45(5,6)36(46)18-21-48(37,47)9/h12-15,30,33-34,36-39,51,54H,10-11,16-29H2,1-9H3,(H,56,57). The van der Waals surface area contributed by atoms with Crippen LogP contribution in [0.5, 0.6) is 0 Å². The maximum Gasteiger partial charge on any atom is 0.309 e. The monoisotopic (exact) mass is 821 g/mol. The van der Waals surface area contributed by atoms with E-state index in [9.17, 15) is 24.6 Å². The molecule has 1 heterocycles. The van der Waals surface area contributed by atoms with Crippen LogP contribution in [0.3, 0.4) is 0 Å². The lowest BCUT2D eigenvalue weighted by atomic mass is 9.33. The fourth-order valence-electron chi connectivity index (χ4n) is 14.6. The number of fused-ring (bicyclic) bond motifs is 7. The molecule has 5 aliphatic carbocycles. The van der Waals surface area contributed by atoms with E-state index in [0.29, 0.717) is 30.8 Å². The van der Waals surface area contributed by atoms with Gasteiger partial charge in [0.25, 0.3) is 0 Å². The number of carboxylic acids is 1. The highest BCUT2D eigenvalue weighted by Crippen LogP contribution is 2.77. The van der Waals surface area contributed by atoms with Gasteiger partial charge >= 0.3 is 11.9 Å². The van der Waals surface area contributed by atoms with Gasteiger partial charge in [-0.25, -0.2) is 0 Å². The molecule has 10 unspecified atom stereocenters. The van der Waals surface area contributed by atoms with Crippen molar-refractivity contribution in [3.05, 3.63) is 46.0 Å². The summed E-state index contributed by atoms with van der Waals surface area (Å²) in [7, 11) is 0. The number of aliphatic hydroxyl groups is 1. The van der Waals surface area contributed by atoms with Crippen molar-refractivity contribution in [1.29, 1.82) is 0 Å². The number of aliphatic hydroxyl groups excluding tert-OH is 1. The van der Waals surface area contributed by atoms with E-state index in [4.69, 9.17) is 16.3 Å². The van der Waals surface area contributed by atoms with Gasteiger partial charge in [-0.15, -0.1) is 0 Å². The maximum absolute atomic E-state index is 14.4. The second kappa shape index (κ2) is 15.6. The van der Waals surface area contributed by atoms with Crippen LogP contribution in [0, 0.1) is 56.2 Å². The molecule has 7 rings (SSSR count). The molecule has 9 heteroatoms. The zero-order chi connectivity index (χ0) is 42.2. The van der Waals surface area contributed by atoms with Gasteiger partial charge in [0.1, 0.15) is 6.10 Å². The van der Waals surface area contributed by atoms with E-state index >= 15 is 0 Å². The number of Topliss-reactive ketones (excluding diaryl/α,β-unsaturated/α-hetero) is 1. The summed E-state index contributed by atoms with van der Waals surface area (Å²) < 4.78 is 6.20. The molecule has 1 aromatic rings. The minimum atomic E-state index is -1.17. The third kappa shape index (κ3) is 7.23. The van der Waals surface area contributed by atoms with Crippen LogP contribution in [-0.2, 0) is 25.7 Å². The Morgan fingerprint density at radius 1 is 0.948 bits per heavy atom. The average molecular weight is 822 g/mol. The zero-order valence-corrected chi connectivity index (χ0v) is 37.8. The second-order valence-corrected chi connectivity index (χ2v) is 22.6. The Morgan fingerprint density at radius 3 is 2.29 bits per heavy atom. The molecule has 0 amide bonds. The number of rotatable bonds is 12. The van der Waals surface area contributed by atoms with Gasteiger partial charge in [-0.3, -0.25) is 19.3 Å². The molecule has 5 fully saturated rings. The van der Waals surface area contributed by atoms with Crippen molar-refractivity contribution in [2.45, 2.75) is 164 Å². The number of carbonyl (C=O) groups is 3. The van der Waals surface area contributed by atoms with Crippen LogP contribution in [0.4, 0.5) is 0 Å². The summed E-state index contributed by atoms with van der Waals surface area (Å²) >= 11 is 6.27. The lowest BCUT2D eigenvalue weighted by Crippen LogP contribution is -2.66. The van der Waals surface area contributed by atoms with Crippen molar-refractivity contribution in [2.24, 2.45) is 56.2 Å². The van der Waals surface area contributed by atoms with E-state index in [1.165, 1.54) is 17.6 Å². The van der Waals surface area contributed by atoms with E-state index in [1.54, 1.807) is 13.8 Å². The topological polar surface area (TPSA) is 116 Å². The van der Waals surface area contributed by atoms with Crippen LogP contribution in [0.2, 0.25) is 5.02 Å². The Hall–Kier alpha value is -2.26. The highest BCUT2D eigenvalue weighted by molar-refractivity contribution is 6.30. The first-order valence-corrected chi connectivity index (χ1v) is 23.1. The zero-order valence-electron chi connectivity index (χ0n) is 37.0. The van der Waals surface area contributed by atoms with Crippen molar-refractivity contribution in [3.8, 4) is 0 Å². The fourth-order valence-corrected chi connectivity index (χ4v) is 14.7. The molecule has 0 bridgehead atoms. The minimum absolute atomic E-state index is 0.0279. The van der Waals surface area contributed by atoms with Crippen LogP contribution >= 0.6 is 11.6 Å². The van der Waals surface area contributed by atoms with Gasteiger partial charge in [0, 0.05) is 47.9 Å². The Labute approximate surface area is 353 Å².